The molecule has 0 aliphatic carbocycles. The van der Waals surface area contributed by atoms with Crippen molar-refractivity contribution in [1.29, 1.82) is 0 Å². The molecule has 0 atom stereocenters. The van der Waals surface area contributed by atoms with Crippen molar-refractivity contribution in [2.75, 3.05) is 23.7 Å². The second-order valence-electron chi connectivity index (χ2n) is 10.6. The van der Waals surface area contributed by atoms with Crippen molar-refractivity contribution in [2.45, 2.75) is 32.7 Å². The lowest BCUT2D eigenvalue weighted by Crippen LogP contribution is -2.18. The van der Waals surface area contributed by atoms with E-state index in [1.807, 2.05) is 55.5 Å². The van der Waals surface area contributed by atoms with Gasteiger partial charge in [-0.2, -0.15) is 0 Å². The highest BCUT2D eigenvalue weighted by Gasteiger charge is 2.16. The Labute approximate surface area is 245 Å². The van der Waals surface area contributed by atoms with Gasteiger partial charge in [0.2, 0.25) is 5.91 Å². The number of anilines is 2. The van der Waals surface area contributed by atoms with Gasteiger partial charge in [0.05, 0.1) is 5.52 Å². The number of para-hydroxylation sites is 1. The number of benzene rings is 4. The average Bonchev–Trinajstić information content (AvgIpc) is 3.67. The zero-order chi connectivity index (χ0) is 28.9. The van der Waals surface area contributed by atoms with Gasteiger partial charge in [0.25, 0.3) is 5.91 Å². The van der Waals surface area contributed by atoms with Gasteiger partial charge in [0.15, 0.2) is 0 Å². The van der Waals surface area contributed by atoms with Crippen molar-refractivity contribution in [3.63, 3.8) is 0 Å². The maximum atomic E-state index is 13.0. The average molecular weight is 559 g/mol. The first-order chi connectivity index (χ1) is 20.6. The lowest BCUT2D eigenvalue weighted by atomic mass is 10.1. The minimum Gasteiger partial charge on any atom is -0.457 e. The van der Waals surface area contributed by atoms with E-state index < -0.39 is 0 Å². The molecule has 1 aromatic heterocycles. The monoisotopic (exact) mass is 558 g/mol. The number of rotatable bonds is 9. The first-order valence-electron chi connectivity index (χ1n) is 14.5. The van der Waals surface area contributed by atoms with Crippen molar-refractivity contribution in [3.05, 3.63) is 114 Å². The number of hydrogen-bond donors (Lipinski definition) is 2. The number of amides is 2. The molecule has 42 heavy (non-hydrogen) atoms. The molecule has 1 fully saturated rings. The van der Waals surface area contributed by atoms with E-state index >= 15 is 0 Å². The summed E-state index contributed by atoms with van der Waals surface area (Å²) in [7, 11) is 0. The lowest BCUT2D eigenvalue weighted by molar-refractivity contribution is -0.115. The molecule has 0 spiro atoms. The molecule has 0 radical (unpaired) electrons. The second-order valence-corrected chi connectivity index (χ2v) is 10.6. The molecule has 5 aromatic rings. The van der Waals surface area contributed by atoms with Gasteiger partial charge < -0.3 is 19.9 Å². The standard InChI is InChI=1S/C35H34N4O3/c1-2-34(40)36-27-11-17-30(18-12-27)42-31-19-13-28(14-20-31)37-35(41)25-9-15-29(16-10-25)39-24-26(23-38-21-5-6-22-38)32-7-3-4-8-33(32)39/h3-4,7-20,24H,2,5-6,21-23H2,1H3,(H,36,40)(H,37,41). The first-order valence-corrected chi connectivity index (χ1v) is 14.5. The van der Waals surface area contributed by atoms with Gasteiger partial charge in [-0.15, -0.1) is 0 Å². The van der Waals surface area contributed by atoms with E-state index in [4.69, 9.17) is 4.74 Å². The van der Waals surface area contributed by atoms with Crippen molar-refractivity contribution < 1.29 is 14.3 Å². The van der Waals surface area contributed by atoms with Gasteiger partial charge in [-0.3, -0.25) is 14.5 Å². The maximum absolute atomic E-state index is 13.0. The molecule has 2 amide bonds. The molecule has 0 unspecified atom stereocenters. The summed E-state index contributed by atoms with van der Waals surface area (Å²) >= 11 is 0. The van der Waals surface area contributed by atoms with Crippen LogP contribution in [0.2, 0.25) is 0 Å². The fourth-order valence-electron chi connectivity index (χ4n) is 5.35. The highest BCUT2D eigenvalue weighted by atomic mass is 16.5. The number of carbonyl (C=O) groups excluding carboxylic acids is 2. The van der Waals surface area contributed by atoms with Crippen molar-refractivity contribution in [1.82, 2.24) is 9.47 Å². The Bertz CT molecular complexity index is 1680. The highest BCUT2D eigenvalue weighted by Crippen LogP contribution is 2.28. The van der Waals surface area contributed by atoms with Crippen LogP contribution in [0, 0.1) is 0 Å². The fraction of sp³-hybridized carbons (Fsp3) is 0.200. The molecule has 1 aliphatic heterocycles. The lowest BCUT2D eigenvalue weighted by Gasteiger charge is -2.13. The van der Waals surface area contributed by atoms with E-state index in [2.05, 4.69) is 50.6 Å². The van der Waals surface area contributed by atoms with Gasteiger partial charge >= 0.3 is 0 Å². The summed E-state index contributed by atoms with van der Waals surface area (Å²) in [5.41, 5.74) is 5.52. The number of hydrogen-bond acceptors (Lipinski definition) is 4. The Balaban J connectivity index is 1.09. The van der Waals surface area contributed by atoms with Crippen LogP contribution in [0.1, 0.15) is 42.1 Å². The predicted octanol–water partition coefficient (Wildman–Crippen LogP) is 7.62. The van der Waals surface area contributed by atoms with Gasteiger partial charge in [-0.05, 0) is 110 Å². The molecule has 6 rings (SSSR count). The summed E-state index contributed by atoms with van der Waals surface area (Å²) in [5.74, 6) is 1.09. The third kappa shape index (κ3) is 6.21. The van der Waals surface area contributed by atoms with Crippen LogP contribution < -0.4 is 15.4 Å². The Hall–Kier alpha value is -4.88. The molecule has 7 heteroatoms. The van der Waals surface area contributed by atoms with E-state index in [-0.39, 0.29) is 11.8 Å². The molecule has 1 aliphatic rings. The van der Waals surface area contributed by atoms with Gasteiger partial charge in [-0.1, -0.05) is 25.1 Å². The molecule has 4 aromatic carbocycles. The minimum absolute atomic E-state index is 0.0337. The summed E-state index contributed by atoms with van der Waals surface area (Å²) in [4.78, 5) is 27.1. The van der Waals surface area contributed by atoms with Crippen LogP contribution in [0.3, 0.4) is 0 Å². The minimum atomic E-state index is -0.174. The van der Waals surface area contributed by atoms with Crippen molar-refractivity contribution in [2.24, 2.45) is 0 Å². The summed E-state index contributed by atoms with van der Waals surface area (Å²) in [6.07, 6.45) is 5.21. The van der Waals surface area contributed by atoms with Crippen LogP contribution in [0.4, 0.5) is 11.4 Å². The van der Waals surface area contributed by atoms with E-state index in [0.717, 1.165) is 31.0 Å². The number of nitrogens with one attached hydrogen (secondary N) is 2. The van der Waals surface area contributed by atoms with Crippen molar-refractivity contribution >= 4 is 34.1 Å². The summed E-state index contributed by atoms with van der Waals surface area (Å²) < 4.78 is 8.12. The van der Waals surface area contributed by atoms with E-state index in [9.17, 15) is 9.59 Å². The SMILES string of the molecule is CCC(=O)Nc1ccc(Oc2ccc(NC(=O)c3ccc(-n4cc(CN5CCCC5)c5ccccc54)cc3)cc2)cc1. The fourth-order valence-corrected chi connectivity index (χ4v) is 5.35. The summed E-state index contributed by atoms with van der Waals surface area (Å²) in [6, 6.07) is 30.7. The first kappa shape index (κ1) is 27.3. The molecule has 2 N–H and O–H groups in total. The van der Waals surface area contributed by atoms with Crippen LogP contribution in [0.25, 0.3) is 16.6 Å². The Morgan fingerprint density at radius 2 is 1.38 bits per heavy atom. The zero-order valence-electron chi connectivity index (χ0n) is 23.7. The molecule has 1 saturated heterocycles. The van der Waals surface area contributed by atoms with Crippen LogP contribution in [-0.2, 0) is 11.3 Å². The zero-order valence-corrected chi connectivity index (χ0v) is 23.7. The largest absolute Gasteiger partial charge is 0.457 e. The predicted molar refractivity (Wildman–Crippen MR) is 168 cm³/mol. The van der Waals surface area contributed by atoms with Gasteiger partial charge in [0, 0.05) is 47.2 Å². The smallest absolute Gasteiger partial charge is 0.255 e. The Morgan fingerprint density at radius 3 is 2.02 bits per heavy atom. The summed E-state index contributed by atoms with van der Waals surface area (Å²) in [6.45, 7) is 5.09. The summed E-state index contributed by atoms with van der Waals surface area (Å²) in [5, 5.41) is 7.06. The normalized spacial score (nSPS) is 13.3. The Kier molecular flexibility index (Phi) is 8.01. The molecular weight excluding hydrogens is 524 g/mol. The van der Waals surface area contributed by atoms with Crippen LogP contribution in [-0.4, -0.2) is 34.4 Å². The Morgan fingerprint density at radius 1 is 0.762 bits per heavy atom. The van der Waals surface area contributed by atoms with Gasteiger partial charge in [0.1, 0.15) is 11.5 Å². The molecule has 212 valence electrons. The van der Waals surface area contributed by atoms with E-state index in [0.29, 0.717) is 29.2 Å². The van der Waals surface area contributed by atoms with Crippen LogP contribution in [0.15, 0.2) is 103 Å². The molecule has 2 heterocycles. The third-order valence-electron chi connectivity index (χ3n) is 7.60. The van der Waals surface area contributed by atoms with Crippen LogP contribution in [0.5, 0.6) is 11.5 Å². The molecule has 0 saturated carbocycles. The topological polar surface area (TPSA) is 75.6 Å². The second kappa shape index (κ2) is 12.3. The molecular formula is C35H34N4O3. The van der Waals surface area contributed by atoms with Crippen molar-refractivity contribution in [3.8, 4) is 17.2 Å². The number of fused-ring (bicyclic) bond motifs is 1. The number of carbonyl (C=O) groups is 2. The molecule has 0 bridgehead atoms. The number of likely N-dealkylation sites (tertiary alicyclic amines) is 1. The number of ether oxygens (including phenoxy) is 1. The number of aromatic nitrogens is 1. The number of nitrogens with zero attached hydrogens (tertiary/aromatic N) is 2. The van der Waals surface area contributed by atoms with Gasteiger partial charge in [-0.25, -0.2) is 0 Å². The van der Waals surface area contributed by atoms with E-state index in [1.165, 1.54) is 29.3 Å². The van der Waals surface area contributed by atoms with Crippen LogP contribution >= 0.6 is 0 Å². The molecule has 7 nitrogen and oxygen atoms in total. The quantitative estimate of drug-likeness (QED) is 0.195. The maximum Gasteiger partial charge on any atom is 0.255 e. The highest BCUT2D eigenvalue weighted by molar-refractivity contribution is 6.04. The van der Waals surface area contributed by atoms with E-state index in [1.54, 1.807) is 24.3 Å². The third-order valence-corrected chi connectivity index (χ3v) is 7.60.